The molecule has 1 aliphatic rings. The van der Waals surface area contributed by atoms with Crippen LogP contribution in [0.2, 0.25) is 0 Å². The van der Waals surface area contributed by atoms with Gasteiger partial charge in [-0.15, -0.1) is 20.4 Å². The van der Waals surface area contributed by atoms with E-state index in [4.69, 9.17) is 4.74 Å². The fourth-order valence-corrected chi connectivity index (χ4v) is 4.18. The number of nitrogens with one attached hydrogen (secondary N) is 1. The number of benzene rings is 1. The van der Waals surface area contributed by atoms with Crippen LogP contribution in [0, 0.1) is 6.92 Å². The zero-order valence-electron chi connectivity index (χ0n) is 15.6. The summed E-state index contributed by atoms with van der Waals surface area (Å²) in [6.07, 6.45) is 2.33. The number of amides is 1. The van der Waals surface area contributed by atoms with Crippen LogP contribution < -0.4 is 10.1 Å². The lowest BCUT2D eigenvalue weighted by molar-refractivity contribution is -0.113. The number of hydrogen-bond donors (Lipinski definition) is 1. The number of aryl methyl sites for hydroxylation is 1. The Labute approximate surface area is 170 Å². The molecule has 1 N–H and O–H groups in total. The van der Waals surface area contributed by atoms with Crippen molar-refractivity contribution in [2.75, 3.05) is 11.1 Å². The summed E-state index contributed by atoms with van der Waals surface area (Å²) in [7, 11) is 1.86. The Morgan fingerprint density at radius 2 is 2.11 bits per heavy atom. The van der Waals surface area contributed by atoms with Crippen LogP contribution in [0.5, 0.6) is 5.75 Å². The topological polar surface area (TPSA) is 94.8 Å². The molecule has 8 nitrogen and oxygen atoms in total. The van der Waals surface area contributed by atoms with E-state index in [0.29, 0.717) is 28.6 Å². The zero-order valence-corrected chi connectivity index (χ0v) is 17.2. The van der Waals surface area contributed by atoms with Gasteiger partial charge in [0.15, 0.2) is 11.0 Å². The van der Waals surface area contributed by atoms with Crippen molar-refractivity contribution in [2.24, 2.45) is 7.05 Å². The lowest BCUT2D eigenvalue weighted by Gasteiger charge is -2.08. The molecule has 1 amide bonds. The van der Waals surface area contributed by atoms with Gasteiger partial charge in [0, 0.05) is 13.0 Å². The Morgan fingerprint density at radius 3 is 2.89 bits per heavy atom. The second-order valence-corrected chi connectivity index (χ2v) is 8.52. The van der Waals surface area contributed by atoms with Crippen molar-refractivity contribution in [2.45, 2.75) is 37.4 Å². The largest absolute Gasteiger partial charge is 0.485 e. The minimum absolute atomic E-state index is 0.135. The van der Waals surface area contributed by atoms with Gasteiger partial charge in [-0.2, -0.15) is 0 Å². The van der Waals surface area contributed by atoms with Gasteiger partial charge in [-0.1, -0.05) is 41.3 Å². The highest BCUT2D eigenvalue weighted by Crippen LogP contribution is 2.42. The van der Waals surface area contributed by atoms with Crippen molar-refractivity contribution in [3.8, 4) is 5.75 Å². The fourth-order valence-electron chi connectivity index (χ4n) is 2.52. The Balaban J connectivity index is 1.28. The number of ether oxygens (including phenoxy) is 1. The van der Waals surface area contributed by atoms with Gasteiger partial charge in [-0.25, -0.2) is 0 Å². The summed E-state index contributed by atoms with van der Waals surface area (Å²) in [6.45, 7) is 2.31. The highest BCUT2D eigenvalue weighted by molar-refractivity contribution is 7.99. The predicted molar refractivity (Wildman–Crippen MR) is 108 cm³/mol. The second-order valence-electron chi connectivity index (χ2n) is 6.57. The molecule has 1 fully saturated rings. The first-order valence-electron chi connectivity index (χ1n) is 8.93. The van der Waals surface area contributed by atoms with Crippen LogP contribution in [-0.4, -0.2) is 36.6 Å². The maximum absolute atomic E-state index is 12.2. The number of aromatic nitrogens is 5. The quantitative estimate of drug-likeness (QED) is 0.564. The normalized spacial score (nSPS) is 13.5. The lowest BCUT2D eigenvalue weighted by atomic mass is 10.2. The molecule has 0 radical (unpaired) electrons. The molecule has 10 heteroatoms. The van der Waals surface area contributed by atoms with E-state index in [2.05, 4.69) is 25.7 Å². The average Bonchev–Trinajstić information content (AvgIpc) is 3.34. The molecule has 2 heterocycles. The van der Waals surface area contributed by atoms with Crippen LogP contribution >= 0.6 is 23.1 Å². The Bertz CT molecular complexity index is 982. The summed E-state index contributed by atoms with van der Waals surface area (Å²) in [6, 6.07) is 7.83. The van der Waals surface area contributed by atoms with Crippen molar-refractivity contribution in [3.63, 3.8) is 0 Å². The molecule has 0 atom stereocenters. The molecule has 1 aliphatic carbocycles. The molecule has 0 aliphatic heterocycles. The number of carbonyl (C=O) groups is 1. The van der Waals surface area contributed by atoms with Gasteiger partial charge in [0.1, 0.15) is 17.4 Å². The van der Waals surface area contributed by atoms with Gasteiger partial charge in [0.2, 0.25) is 11.0 Å². The number of hydrogen-bond acceptors (Lipinski definition) is 8. The Morgan fingerprint density at radius 1 is 1.29 bits per heavy atom. The smallest absolute Gasteiger partial charge is 0.236 e. The third-order valence-electron chi connectivity index (χ3n) is 4.32. The first-order valence-corrected chi connectivity index (χ1v) is 10.7. The minimum atomic E-state index is -0.135. The molecular weight excluding hydrogens is 396 g/mol. The van der Waals surface area contributed by atoms with Gasteiger partial charge in [-0.05, 0) is 31.4 Å². The van der Waals surface area contributed by atoms with Crippen molar-refractivity contribution in [3.05, 3.63) is 40.7 Å². The number of anilines is 1. The molecule has 146 valence electrons. The van der Waals surface area contributed by atoms with Crippen LogP contribution in [-0.2, 0) is 18.4 Å². The molecule has 28 heavy (non-hydrogen) atoms. The summed E-state index contributed by atoms with van der Waals surface area (Å²) in [5, 5.41) is 21.5. The maximum atomic E-state index is 12.2. The molecule has 3 aromatic rings. The van der Waals surface area contributed by atoms with E-state index in [9.17, 15) is 4.79 Å². The molecule has 4 rings (SSSR count). The van der Waals surface area contributed by atoms with Crippen LogP contribution in [0.15, 0.2) is 29.4 Å². The lowest BCUT2D eigenvalue weighted by Crippen LogP contribution is -2.14. The molecule has 0 unspecified atom stereocenters. The van der Waals surface area contributed by atoms with E-state index in [1.54, 1.807) is 0 Å². The predicted octanol–water partition coefficient (Wildman–Crippen LogP) is 3.16. The number of para-hydroxylation sites is 1. The first kappa shape index (κ1) is 18.9. The van der Waals surface area contributed by atoms with Gasteiger partial charge in [0.05, 0.1) is 5.75 Å². The summed E-state index contributed by atoms with van der Waals surface area (Å²) in [5.41, 5.74) is 1.07. The van der Waals surface area contributed by atoms with E-state index in [1.165, 1.54) is 35.9 Å². The van der Waals surface area contributed by atoms with E-state index in [0.717, 1.165) is 16.3 Å². The number of thioether (sulfide) groups is 1. The maximum Gasteiger partial charge on any atom is 0.236 e. The SMILES string of the molecule is Cc1ccccc1OCc1nnc(SCC(=O)Nc2nnc(C3CC3)s2)n1C. The molecule has 0 spiro atoms. The van der Waals surface area contributed by atoms with Crippen molar-refractivity contribution in [1.82, 2.24) is 25.0 Å². The summed E-state index contributed by atoms with van der Waals surface area (Å²) < 4.78 is 7.66. The van der Waals surface area contributed by atoms with Gasteiger partial charge in [0.25, 0.3) is 0 Å². The number of carbonyl (C=O) groups excluding carboxylic acids is 1. The summed E-state index contributed by atoms with van der Waals surface area (Å²) in [5.74, 6) is 2.15. The van der Waals surface area contributed by atoms with Crippen LogP contribution in [0.25, 0.3) is 0 Å². The Kier molecular flexibility index (Phi) is 5.58. The zero-order chi connectivity index (χ0) is 19.5. The number of nitrogens with zero attached hydrogens (tertiary/aromatic N) is 5. The van der Waals surface area contributed by atoms with Gasteiger partial charge < -0.3 is 9.30 Å². The van der Waals surface area contributed by atoms with Gasteiger partial charge in [-0.3, -0.25) is 10.1 Å². The molecule has 1 aromatic carbocycles. The van der Waals surface area contributed by atoms with E-state index in [1.807, 2.05) is 42.8 Å². The molecule has 2 aromatic heterocycles. The third kappa shape index (κ3) is 4.50. The molecule has 0 saturated heterocycles. The number of rotatable bonds is 8. The van der Waals surface area contributed by atoms with E-state index >= 15 is 0 Å². The monoisotopic (exact) mass is 416 g/mol. The molecule has 0 bridgehead atoms. The van der Waals surface area contributed by atoms with Crippen LogP contribution in [0.3, 0.4) is 0 Å². The van der Waals surface area contributed by atoms with E-state index < -0.39 is 0 Å². The van der Waals surface area contributed by atoms with Crippen molar-refractivity contribution >= 4 is 34.1 Å². The van der Waals surface area contributed by atoms with Crippen molar-refractivity contribution in [1.29, 1.82) is 0 Å². The van der Waals surface area contributed by atoms with Crippen LogP contribution in [0.1, 0.15) is 35.2 Å². The standard InChI is InChI=1S/C18H20N6O2S2/c1-11-5-3-4-6-13(11)26-9-14-20-23-18(24(14)2)27-10-15(25)19-17-22-21-16(28-17)12-7-8-12/h3-6,12H,7-10H2,1-2H3,(H,19,22,25). The Hall–Kier alpha value is -2.46. The van der Waals surface area contributed by atoms with Crippen molar-refractivity contribution < 1.29 is 9.53 Å². The highest BCUT2D eigenvalue weighted by Gasteiger charge is 2.27. The first-order chi connectivity index (χ1) is 13.6. The van der Waals surface area contributed by atoms with Crippen LogP contribution in [0.4, 0.5) is 5.13 Å². The summed E-state index contributed by atoms with van der Waals surface area (Å²) in [4.78, 5) is 12.2. The molecular formula is C18H20N6O2S2. The average molecular weight is 417 g/mol. The van der Waals surface area contributed by atoms with Gasteiger partial charge >= 0.3 is 0 Å². The second kappa shape index (κ2) is 8.27. The molecule has 1 saturated carbocycles. The highest BCUT2D eigenvalue weighted by atomic mass is 32.2. The fraction of sp³-hybridized carbons (Fsp3) is 0.389. The minimum Gasteiger partial charge on any atom is -0.485 e. The van der Waals surface area contributed by atoms with E-state index in [-0.39, 0.29) is 11.7 Å². The summed E-state index contributed by atoms with van der Waals surface area (Å²) >= 11 is 2.78. The third-order valence-corrected chi connectivity index (χ3v) is 6.34.